The molecule has 10 nitrogen and oxygen atoms in total. The molecule has 0 saturated heterocycles. The smallest absolute Gasteiger partial charge is 0.419 e. The molecule has 144 valence electrons. The van der Waals surface area contributed by atoms with E-state index in [2.05, 4.69) is 10.5 Å². The summed E-state index contributed by atoms with van der Waals surface area (Å²) in [4.78, 5) is 12.0. The van der Waals surface area contributed by atoms with Crippen molar-refractivity contribution in [1.82, 2.24) is 13.8 Å². The highest BCUT2D eigenvalue weighted by Gasteiger charge is 2.38. The van der Waals surface area contributed by atoms with Gasteiger partial charge < -0.3 is 14.4 Å². The zero-order chi connectivity index (χ0) is 19.6. The molecule has 1 aliphatic heterocycles. The highest BCUT2D eigenvalue weighted by Crippen LogP contribution is 2.25. The number of aromatic nitrogens is 1. The fourth-order valence-corrected chi connectivity index (χ4v) is 3.76. The molecule has 0 saturated carbocycles. The van der Waals surface area contributed by atoms with E-state index in [0.717, 1.165) is 9.87 Å². The molecule has 2 heterocycles. The number of aliphatic hydroxyl groups excluding tert-OH is 1. The van der Waals surface area contributed by atoms with Crippen molar-refractivity contribution in [3.63, 3.8) is 0 Å². The number of aliphatic hydroxyl groups is 1. The molecule has 0 spiro atoms. The summed E-state index contributed by atoms with van der Waals surface area (Å²) in [6.45, 7) is 1.38. The van der Waals surface area contributed by atoms with E-state index in [1.807, 2.05) is 6.07 Å². The minimum atomic E-state index is -3.99. The summed E-state index contributed by atoms with van der Waals surface area (Å²) in [6.07, 6.45) is -1.01. The van der Waals surface area contributed by atoms with E-state index < -0.39 is 27.9 Å². The number of anilines is 1. The van der Waals surface area contributed by atoms with Crippen molar-refractivity contribution in [2.24, 2.45) is 0 Å². The number of rotatable bonds is 4. The Kier molecular flexibility index (Phi) is 5.06. The van der Waals surface area contributed by atoms with Crippen LogP contribution >= 0.6 is 0 Å². The number of aryl methyl sites for hydroxylation is 1. The Morgan fingerprint density at radius 3 is 2.70 bits per heavy atom. The van der Waals surface area contributed by atoms with Crippen LogP contribution in [0.4, 0.5) is 10.6 Å². The summed E-state index contributed by atoms with van der Waals surface area (Å²) >= 11 is 0. The standard InChI is InChI=1S/C16H18N4O6S/c1-11-8-14(18-26-11)17-16(22)25-15-13(21)10-20(27(23,24)19(15)2)9-12-6-4-3-5-7-12/h3-8,21H,9-10H2,1-2H3,(H,17,18,22). The number of amides is 1. The maximum Gasteiger partial charge on any atom is 0.419 e. The monoisotopic (exact) mass is 394 g/mol. The minimum absolute atomic E-state index is 0.0647. The van der Waals surface area contributed by atoms with Gasteiger partial charge >= 0.3 is 16.3 Å². The molecule has 0 unspecified atom stereocenters. The molecule has 1 aromatic heterocycles. The number of nitrogens with one attached hydrogen (secondary N) is 1. The van der Waals surface area contributed by atoms with Gasteiger partial charge in [-0.15, -0.1) is 0 Å². The van der Waals surface area contributed by atoms with Crippen LogP contribution in [0, 0.1) is 6.92 Å². The molecule has 0 bridgehead atoms. The molecule has 2 N–H and O–H groups in total. The van der Waals surface area contributed by atoms with Gasteiger partial charge in [-0.3, -0.25) is 5.32 Å². The third-order valence-electron chi connectivity index (χ3n) is 3.78. The fraction of sp³-hybridized carbons (Fsp3) is 0.250. The Morgan fingerprint density at radius 2 is 2.07 bits per heavy atom. The number of nitrogens with zero attached hydrogens (tertiary/aromatic N) is 3. The number of benzene rings is 1. The number of hydrogen-bond acceptors (Lipinski definition) is 7. The normalized spacial score (nSPS) is 17.0. The van der Waals surface area contributed by atoms with Crippen LogP contribution in [-0.4, -0.2) is 47.0 Å². The van der Waals surface area contributed by atoms with Crippen LogP contribution in [0.3, 0.4) is 0 Å². The second-order valence-electron chi connectivity index (χ2n) is 5.82. The molecule has 11 heteroatoms. The van der Waals surface area contributed by atoms with E-state index in [1.165, 1.54) is 13.1 Å². The Hall–Kier alpha value is -3.05. The van der Waals surface area contributed by atoms with Crippen LogP contribution in [-0.2, 0) is 21.5 Å². The Morgan fingerprint density at radius 1 is 1.37 bits per heavy atom. The average molecular weight is 394 g/mol. The first-order chi connectivity index (χ1) is 12.8. The van der Waals surface area contributed by atoms with Gasteiger partial charge in [0.05, 0.1) is 6.54 Å². The van der Waals surface area contributed by atoms with Crippen LogP contribution in [0.2, 0.25) is 0 Å². The van der Waals surface area contributed by atoms with Crippen LogP contribution in [0.25, 0.3) is 0 Å². The van der Waals surface area contributed by atoms with E-state index in [-0.39, 0.29) is 18.9 Å². The molecule has 0 fully saturated rings. The molecular formula is C16H18N4O6S. The number of ether oxygens (including phenoxy) is 1. The summed E-state index contributed by atoms with van der Waals surface area (Å²) in [5.74, 6) is -0.294. The van der Waals surface area contributed by atoms with Gasteiger partial charge in [0.1, 0.15) is 5.76 Å². The molecule has 27 heavy (non-hydrogen) atoms. The summed E-state index contributed by atoms with van der Waals surface area (Å²) in [7, 11) is -2.80. The van der Waals surface area contributed by atoms with E-state index in [1.54, 1.807) is 31.2 Å². The predicted octanol–water partition coefficient (Wildman–Crippen LogP) is 1.95. The van der Waals surface area contributed by atoms with E-state index in [0.29, 0.717) is 10.1 Å². The lowest BCUT2D eigenvalue weighted by Crippen LogP contribution is -2.47. The average Bonchev–Trinajstić information content (AvgIpc) is 3.02. The molecule has 1 amide bonds. The van der Waals surface area contributed by atoms with Crippen LogP contribution in [0.1, 0.15) is 11.3 Å². The molecule has 2 aromatic rings. The summed E-state index contributed by atoms with van der Waals surface area (Å²) in [5, 5.41) is 16.1. The SMILES string of the molecule is Cc1cc(NC(=O)OC2=C(O)CN(Cc3ccccc3)S(=O)(=O)N2C)no1. The van der Waals surface area contributed by atoms with Crippen LogP contribution in [0.5, 0.6) is 0 Å². The lowest BCUT2D eigenvalue weighted by atomic mass is 10.2. The van der Waals surface area contributed by atoms with Crippen molar-refractivity contribution in [3.8, 4) is 0 Å². The highest BCUT2D eigenvalue weighted by atomic mass is 32.2. The van der Waals surface area contributed by atoms with Gasteiger partial charge in [-0.2, -0.15) is 12.7 Å². The topological polar surface area (TPSA) is 125 Å². The van der Waals surface area contributed by atoms with E-state index >= 15 is 0 Å². The van der Waals surface area contributed by atoms with Crippen molar-refractivity contribution < 1.29 is 27.6 Å². The molecule has 1 aromatic carbocycles. The van der Waals surface area contributed by atoms with E-state index in [9.17, 15) is 18.3 Å². The first-order valence-corrected chi connectivity index (χ1v) is 9.29. The first-order valence-electron chi connectivity index (χ1n) is 7.89. The van der Waals surface area contributed by atoms with Crippen molar-refractivity contribution in [3.05, 3.63) is 59.4 Å². The second kappa shape index (κ2) is 7.29. The summed E-state index contributed by atoms with van der Waals surface area (Å²) < 4.78 is 36.9. The quantitative estimate of drug-likeness (QED) is 0.812. The molecule has 0 radical (unpaired) electrons. The van der Waals surface area contributed by atoms with Gasteiger partial charge in [-0.1, -0.05) is 35.5 Å². The Bertz CT molecular complexity index is 970. The number of carbonyl (C=O) groups is 1. The van der Waals surface area contributed by atoms with Crippen LogP contribution < -0.4 is 5.32 Å². The number of hydrogen-bond donors (Lipinski definition) is 2. The lowest BCUT2D eigenvalue weighted by molar-refractivity contribution is 0.148. The second-order valence-corrected chi connectivity index (χ2v) is 7.78. The van der Waals surface area contributed by atoms with Gasteiger partial charge in [-0.25, -0.2) is 9.10 Å². The van der Waals surface area contributed by atoms with Crippen molar-refractivity contribution in [1.29, 1.82) is 0 Å². The molecule has 0 atom stereocenters. The molecule has 0 aliphatic carbocycles. The van der Waals surface area contributed by atoms with E-state index in [4.69, 9.17) is 9.26 Å². The summed E-state index contributed by atoms with van der Waals surface area (Å²) in [5.41, 5.74) is 0.755. The maximum atomic E-state index is 12.7. The van der Waals surface area contributed by atoms with Crippen molar-refractivity contribution in [2.45, 2.75) is 13.5 Å². The Balaban J connectivity index is 1.76. The first kappa shape index (κ1) is 18.7. The highest BCUT2D eigenvalue weighted by molar-refractivity contribution is 7.86. The van der Waals surface area contributed by atoms with Gasteiger partial charge in [0.2, 0.25) is 0 Å². The van der Waals surface area contributed by atoms with Gasteiger partial charge in [0.15, 0.2) is 11.6 Å². The summed E-state index contributed by atoms with van der Waals surface area (Å²) in [6, 6.07) is 10.4. The van der Waals surface area contributed by atoms with Gasteiger partial charge in [0.25, 0.3) is 5.88 Å². The molecule has 3 rings (SSSR count). The predicted molar refractivity (Wildman–Crippen MR) is 94.5 cm³/mol. The zero-order valence-corrected chi connectivity index (χ0v) is 15.4. The molecule has 1 aliphatic rings. The molecular weight excluding hydrogens is 376 g/mol. The van der Waals surface area contributed by atoms with Crippen molar-refractivity contribution in [2.75, 3.05) is 18.9 Å². The van der Waals surface area contributed by atoms with Gasteiger partial charge in [0, 0.05) is 19.7 Å². The third kappa shape index (κ3) is 4.04. The van der Waals surface area contributed by atoms with Gasteiger partial charge in [-0.05, 0) is 12.5 Å². The Labute approximate surface area is 155 Å². The van der Waals surface area contributed by atoms with Crippen LogP contribution in [0.15, 0.2) is 52.6 Å². The fourth-order valence-electron chi connectivity index (χ4n) is 2.47. The lowest BCUT2D eigenvalue weighted by Gasteiger charge is -2.33. The van der Waals surface area contributed by atoms with Crippen molar-refractivity contribution >= 4 is 22.1 Å². The largest absolute Gasteiger partial charge is 0.506 e. The minimum Gasteiger partial charge on any atom is -0.506 e. The third-order valence-corrected chi connectivity index (χ3v) is 5.55. The number of carbonyl (C=O) groups excluding carboxylic acids is 1. The maximum absolute atomic E-state index is 12.7. The zero-order valence-electron chi connectivity index (χ0n) is 14.6.